The zero-order valence-electron chi connectivity index (χ0n) is 8.98. The molecule has 3 nitrogen and oxygen atoms in total. The van der Waals surface area contributed by atoms with Gasteiger partial charge in [-0.2, -0.15) is 0 Å². The van der Waals surface area contributed by atoms with Crippen LogP contribution in [0.3, 0.4) is 0 Å². The lowest BCUT2D eigenvalue weighted by atomic mass is 10.1. The molecule has 0 saturated heterocycles. The van der Waals surface area contributed by atoms with Gasteiger partial charge in [-0.25, -0.2) is 0 Å². The predicted octanol–water partition coefficient (Wildman–Crippen LogP) is 1.79. The van der Waals surface area contributed by atoms with E-state index in [1.807, 2.05) is 24.4 Å². The summed E-state index contributed by atoms with van der Waals surface area (Å²) >= 11 is 0. The summed E-state index contributed by atoms with van der Waals surface area (Å²) in [6.07, 6.45) is 7.97. The largest absolute Gasteiger partial charge is 0.372 e. The van der Waals surface area contributed by atoms with Crippen molar-refractivity contribution in [2.24, 2.45) is 0 Å². The quantitative estimate of drug-likeness (QED) is 0.701. The van der Waals surface area contributed by atoms with Crippen LogP contribution in [0.5, 0.6) is 0 Å². The first-order valence-electron chi connectivity index (χ1n) is 5.62. The van der Waals surface area contributed by atoms with Crippen molar-refractivity contribution >= 4 is 5.69 Å². The smallest absolute Gasteiger partial charge is 0.104 e. The summed E-state index contributed by atoms with van der Waals surface area (Å²) in [4.78, 5) is 0. The molecule has 2 aliphatic rings. The minimum atomic E-state index is 0.273. The van der Waals surface area contributed by atoms with Gasteiger partial charge in [0.25, 0.3) is 0 Å². The van der Waals surface area contributed by atoms with Crippen LogP contribution in [0.2, 0.25) is 0 Å². The Labute approximate surface area is 95.2 Å². The van der Waals surface area contributed by atoms with E-state index in [9.17, 15) is 0 Å². The van der Waals surface area contributed by atoms with Crippen molar-refractivity contribution in [1.29, 1.82) is 0 Å². The van der Waals surface area contributed by atoms with E-state index >= 15 is 0 Å². The van der Waals surface area contributed by atoms with Crippen molar-refractivity contribution in [3.8, 4) is 0 Å². The van der Waals surface area contributed by atoms with Crippen LogP contribution >= 0.6 is 0 Å². The van der Waals surface area contributed by atoms with E-state index in [0.29, 0.717) is 6.17 Å². The molecule has 0 saturated carbocycles. The zero-order chi connectivity index (χ0) is 10.8. The molecular formula is C13H15N3. The van der Waals surface area contributed by atoms with Crippen molar-refractivity contribution < 1.29 is 0 Å². The fraction of sp³-hybridized carbons (Fsp3) is 0.231. The maximum Gasteiger partial charge on any atom is 0.104 e. The first-order valence-corrected chi connectivity index (χ1v) is 5.62. The van der Waals surface area contributed by atoms with Crippen LogP contribution in [-0.2, 0) is 0 Å². The molecule has 0 amide bonds. The zero-order valence-corrected chi connectivity index (χ0v) is 8.98. The summed E-state index contributed by atoms with van der Waals surface area (Å²) in [5, 5.41) is 10.3. The Hall–Kier alpha value is -1.74. The Morgan fingerprint density at radius 3 is 2.94 bits per heavy atom. The average molecular weight is 213 g/mol. The molecule has 0 radical (unpaired) electrons. The van der Waals surface area contributed by atoms with Gasteiger partial charge in [0.05, 0.1) is 6.17 Å². The number of anilines is 1. The summed E-state index contributed by atoms with van der Waals surface area (Å²) in [6, 6.07) is 10.3. The first-order chi connectivity index (χ1) is 7.92. The third-order valence-corrected chi connectivity index (χ3v) is 2.94. The topological polar surface area (TPSA) is 36.1 Å². The van der Waals surface area contributed by atoms with E-state index in [1.54, 1.807) is 0 Å². The van der Waals surface area contributed by atoms with Crippen LogP contribution in [0, 0.1) is 0 Å². The van der Waals surface area contributed by atoms with Gasteiger partial charge in [0, 0.05) is 5.69 Å². The van der Waals surface area contributed by atoms with Gasteiger partial charge < -0.3 is 10.6 Å². The van der Waals surface area contributed by atoms with Crippen LogP contribution in [-0.4, -0.2) is 12.3 Å². The molecular weight excluding hydrogens is 198 g/mol. The standard InChI is InChI=1S/C13H15N3/c1-2-4-11(5-3-1)15-12-7-6-10-8-9-14-13(10)16-12/h1-6,8-9,12-16H,7H2. The fourth-order valence-corrected chi connectivity index (χ4v) is 2.12. The van der Waals surface area contributed by atoms with Gasteiger partial charge >= 0.3 is 0 Å². The van der Waals surface area contributed by atoms with E-state index in [-0.39, 0.29) is 6.17 Å². The number of rotatable bonds is 2. The lowest BCUT2D eigenvalue weighted by Crippen LogP contribution is -2.50. The minimum absolute atomic E-state index is 0.273. The SMILES string of the molecule is C1=CC2=CCC(Nc3ccccc3)NC2N1. The molecule has 3 N–H and O–H groups in total. The Morgan fingerprint density at radius 1 is 1.19 bits per heavy atom. The summed E-state index contributed by atoms with van der Waals surface area (Å²) in [5.41, 5.74) is 2.49. The van der Waals surface area contributed by atoms with Crippen LogP contribution in [0.1, 0.15) is 6.42 Å². The summed E-state index contributed by atoms with van der Waals surface area (Å²) in [7, 11) is 0. The molecule has 1 aromatic rings. The van der Waals surface area contributed by atoms with Gasteiger partial charge in [0.2, 0.25) is 0 Å². The van der Waals surface area contributed by atoms with E-state index in [4.69, 9.17) is 0 Å². The van der Waals surface area contributed by atoms with E-state index in [2.05, 4.69) is 40.2 Å². The summed E-state index contributed by atoms with van der Waals surface area (Å²) in [5.74, 6) is 0. The van der Waals surface area contributed by atoms with Crippen molar-refractivity contribution in [2.45, 2.75) is 18.8 Å². The highest BCUT2D eigenvalue weighted by Gasteiger charge is 2.23. The third-order valence-electron chi connectivity index (χ3n) is 2.94. The van der Waals surface area contributed by atoms with Crippen molar-refractivity contribution in [3.05, 3.63) is 54.3 Å². The molecule has 16 heavy (non-hydrogen) atoms. The Bertz CT molecular complexity index is 422. The molecule has 0 aliphatic carbocycles. The minimum Gasteiger partial charge on any atom is -0.372 e. The van der Waals surface area contributed by atoms with Crippen molar-refractivity contribution in [1.82, 2.24) is 10.6 Å². The average Bonchev–Trinajstić information content (AvgIpc) is 2.77. The van der Waals surface area contributed by atoms with Gasteiger partial charge in [-0.15, -0.1) is 0 Å². The number of fused-ring (bicyclic) bond motifs is 1. The van der Waals surface area contributed by atoms with Crippen LogP contribution < -0.4 is 16.0 Å². The Kier molecular flexibility index (Phi) is 2.38. The molecule has 2 aliphatic heterocycles. The van der Waals surface area contributed by atoms with Gasteiger partial charge in [-0.05, 0) is 36.4 Å². The number of benzene rings is 1. The summed E-state index contributed by atoms with van der Waals surface area (Å²) in [6.45, 7) is 0. The molecule has 0 aromatic heterocycles. The van der Waals surface area contributed by atoms with E-state index in [1.165, 1.54) is 5.57 Å². The molecule has 2 unspecified atom stereocenters. The monoisotopic (exact) mass is 213 g/mol. The second-order valence-electron chi connectivity index (χ2n) is 4.10. The lowest BCUT2D eigenvalue weighted by molar-refractivity contribution is 0.457. The maximum atomic E-state index is 3.51. The van der Waals surface area contributed by atoms with Crippen LogP contribution in [0.4, 0.5) is 5.69 Å². The fourth-order valence-electron chi connectivity index (χ4n) is 2.12. The van der Waals surface area contributed by atoms with Crippen molar-refractivity contribution in [3.63, 3.8) is 0 Å². The predicted molar refractivity (Wildman–Crippen MR) is 65.8 cm³/mol. The van der Waals surface area contributed by atoms with Crippen LogP contribution in [0.15, 0.2) is 54.3 Å². The van der Waals surface area contributed by atoms with Gasteiger partial charge in [0.15, 0.2) is 0 Å². The molecule has 2 heterocycles. The highest BCUT2D eigenvalue weighted by atomic mass is 15.2. The van der Waals surface area contributed by atoms with Gasteiger partial charge in [-0.1, -0.05) is 24.3 Å². The molecule has 0 spiro atoms. The van der Waals surface area contributed by atoms with Crippen molar-refractivity contribution in [2.75, 3.05) is 5.32 Å². The second kappa shape index (κ2) is 4.02. The molecule has 82 valence electrons. The summed E-state index contributed by atoms with van der Waals surface area (Å²) < 4.78 is 0. The maximum absolute atomic E-state index is 3.51. The molecule has 1 aromatic carbocycles. The number of hydrogen-bond donors (Lipinski definition) is 3. The molecule has 3 heteroatoms. The van der Waals surface area contributed by atoms with Gasteiger partial charge in [-0.3, -0.25) is 5.32 Å². The van der Waals surface area contributed by atoms with Gasteiger partial charge in [0.1, 0.15) is 6.17 Å². The first kappa shape index (κ1) is 9.48. The highest BCUT2D eigenvalue weighted by Crippen LogP contribution is 2.18. The number of hydrogen-bond acceptors (Lipinski definition) is 3. The number of para-hydroxylation sites is 1. The lowest BCUT2D eigenvalue weighted by Gasteiger charge is -2.29. The molecule has 0 bridgehead atoms. The Balaban J connectivity index is 1.67. The highest BCUT2D eigenvalue weighted by molar-refractivity contribution is 5.44. The molecule has 3 rings (SSSR count). The van der Waals surface area contributed by atoms with E-state index in [0.717, 1.165) is 12.1 Å². The molecule has 0 fully saturated rings. The van der Waals surface area contributed by atoms with Crippen LogP contribution in [0.25, 0.3) is 0 Å². The third kappa shape index (κ3) is 1.82. The second-order valence-corrected chi connectivity index (χ2v) is 4.10. The normalized spacial score (nSPS) is 26.9. The van der Waals surface area contributed by atoms with E-state index < -0.39 is 0 Å². The molecule has 2 atom stereocenters. The Morgan fingerprint density at radius 2 is 2.06 bits per heavy atom. The number of nitrogens with one attached hydrogen (secondary N) is 3.